The number of carbonyl (C=O) groups excluding carboxylic acids is 1. The van der Waals surface area contributed by atoms with Gasteiger partial charge in [0.25, 0.3) is 5.56 Å². The minimum Gasteiger partial charge on any atom is -0.336 e. The smallest absolute Gasteiger partial charge is 0.336 e. The van der Waals surface area contributed by atoms with E-state index in [-0.39, 0.29) is 17.1 Å². The van der Waals surface area contributed by atoms with Gasteiger partial charge in [0.1, 0.15) is 11.5 Å². The summed E-state index contributed by atoms with van der Waals surface area (Å²) in [5, 5.41) is 10.6. The van der Waals surface area contributed by atoms with Gasteiger partial charge in [-0.25, -0.2) is 18.9 Å². The van der Waals surface area contributed by atoms with Gasteiger partial charge < -0.3 is 5.32 Å². The second-order valence-electron chi connectivity index (χ2n) is 6.13. The van der Waals surface area contributed by atoms with Gasteiger partial charge in [-0.15, -0.1) is 0 Å². The van der Waals surface area contributed by atoms with Crippen molar-refractivity contribution in [2.75, 3.05) is 6.54 Å². The largest absolute Gasteiger partial charge is 0.344 e. The lowest BCUT2D eigenvalue weighted by atomic mass is 10.2. The first-order valence-corrected chi connectivity index (χ1v) is 8.62. The van der Waals surface area contributed by atoms with E-state index in [0.717, 1.165) is 22.2 Å². The maximum Gasteiger partial charge on any atom is 0.344 e. The molecule has 0 saturated heterocycles. The zero-order chi connectivity index (χ0) is 19.0. The first-order valence-electron chi connectivity index (χ1n) is 8.62. The number of benzene rings is 1. The molecule has 4 rings (SSSR count). The van der Waals surface area contributed by atoms with Gasteiger partial charge in [0.15, 0.2) is 5.65 Å². The molecule has 0 aliphatic rings. The number of hydrogen-bond acceptors (Lipinski definition) is 4. The second-order valence-corrected chi connectivity index (χ2v) is 6.13. The van der Waals surface area contributed by atoms with Crippen LogP contribution in [0.15, 0.2) is 41.5 Å². The summed E-state index contributed by atoms with van der Waals surface area (Å²) >= 11 is 0. The van der Waals surface area contributed by atoms with Gasteiger partial charge in [-0.3, -0.25) is 9.89 Å². The number of pyridine rings is 1. The molecule has 0 radical (unpaired) electrons. The minimum absolute atomic E-state index is 0.108. The van der Waals surface area contributed by atoms with Crippen molar-refractivity contribution >= 4 is 28.0 Å². The molecule has 0 saturated carbocycles. The molecule has 0 unspecified atom stereocenters. The van der Waals surface area contributed by atoms with Crippen molar-refractivity contribution in [3.63, 3.8) is 0 Å². The normalized spacial score (nSPS) is 11.3. The SMILES string of the molecule is CCCCNC(=O)n1ncc2c3[nH]n(-c4ccccc4F)c(=O)c3cnc21. The van der Waals surface area contributed by atoms with Gasteiger partial charge in [0.05, 0.1) is 22.5 Å². The van der Waals surface area contributed by atoms with Crippen LogP contribution in [-0.2, 0) is 0 Å². The number of nitrogens with one attached hydrogen (secondary N) is 2. The number of aromatic nitrogens is 5. The van der Waals surface area contributed by atoms with Crippen molar-refractivity contribution in [3.8, 4) is 5.69 Å². The molecule has 138 valence electrons. The minimum atomic E-state index is -0.527. The molecule has 1 aromatic carbocycles. The number of carbonyl (C=O) groups is 1. The molecular formula is C18H17FN6O2. The number of nitrogens with zero attached hydrogens (tertiary/aromatic N) is 4. The number of hydrogen-bond donors (Lipinski definition) is 2. The Kier molecular flexibility index (Phi) is 4.19. The third kappa shape index (κ3) is 2.77. The van der Waals surface area contributed by atoms with Crippen molar-refractivity contribution in [2.45, 2.75) is 19.8 Å². The quantitative estimate of drug-likeness (QED) is 0.541. The Morgan fingerprint density at radius 1 is 1.26 bits per heavy atom. The van der Waals surface area contributed by atoms with Crippen LogP contribution in [-0.4, -0.2) is 37.1 Å². The topological polar surface area (TPSA) is 97.6 Å². The molecule has 4 aromatic rings. The number of rotatable bonds is 4. The van der Waals surface area contributed by atoms with Crippen molar-refractivity contribution in [1.82, 2.24) is 29.9 Å². The van der Waals surface area contributed by atoms with Crippen LogP contribution in [0.4, 0.5) is 9.18 Å². The first kappa shape index (κ1) is 17.0. The van der Waals surface area contributed by atoms with Crippen LogP contribution < -0.4 is 10.9 Å². The number of amides is 1. The monoisotopic (exact) mass is 368 g/mol. The average Bonchev–Trinajstić information content (AvgIpc) is 3.24. The second kappa shape index (κ2) is 6.67. The highest BCUT2D eigenvalue weighted by molar-refractivity contribution is 6.03. The molecule has 2 N–H and O–H groups in total. The number of halogens is 1. The van der Waals surface area contributed by atoms with E-state index in [1.807, 2.05) is 6.92 Å². The molecular weight excluding hydrogens is 351 g/mol. The Labute approximate surface area is 152 Å². The van der Waals surface area contributed by atoms with E-state index in [4.69, 9.17) is 0 Å². The summed E-state index contributed by atoms with van der Waals surface area (Å²) in [4.78, 5) is 29.2. The number of para-hydroxylation sites is 1. The molecule has 1 amide bonds. The molecule has 3 aromatic heterocycles. The van der Waals surface area contributed by atoms with Crippen LogP contribution in [0.2, 0.25) is 0 Å². The van der Waals surface area contributed by atoms with Gasteiger partial charge in [-0.1, -0.05) is 25.5 Å². The van der Waals surface area contributed by atoms with Gasteiger partial charge in [0, 0.05) is 12.7 Å². The zero-order valence-electron chi connectivity index (χ0n) is 14.6. The molecule has 0 atom stereocenters. The maximum absolute atomic E-state index is 14.1. The van der Waals surface area contributed by atoms with E-state index in [1.165, 1.54) is 24.5 Å². The Hall–Kier alpha value is -3.49. The van der Waals surface area contributed by atoms with Crippen LogP contribution >= 0.6 is 0 Å². The van der Waals surface area contributed by atoms with E-state index in [1.54, 1.807) is 12.1 Å². The summed E-state index contributed by atoms with van der Waals surface area (Å²) in [6, 6.07) is 5.58. The van der Waals surface area contributed by atoms with E-state index < -0.39 is 11.4 Å². The first-order chi connectivity index (χ1) is 13.1. The fourth-order valence-electron chi connectivity index (χ4n) is 2.94. The van der Waals surface area contributed by atoms with Crippen LogP contribution in [0, 0.1) is 5.82 Å². The summed E-state index contributed by atoms with van der Waals surface area (Å²) in [6.45, 7) is 2.57. The summed E-state index contributed by atoms with van der Waals surface area (Å²) in [7, 11) is 0. The summed E-state index contributed by atoms with van der Waals surface area (Å²) in [5.41, 5.74) is 0.445. The number of fused-ring (bicyclic) bond motifs is 3. The van der Waals surface area contributed by atoms with Crippen LogP contribution in [0.5, 0.6) is 0 Å². The van der Waals surface area contributed by atoms with Gasteiger partial charge >= 0.3 is 6.03 Å². The Morgan fingerprint density at radius 3 is 2.85 bits per heavy atom. The molecule has 0 aliphatic heterocycles. The predicted octanol–water partition coefficient (Wildman–Crippen LogP) is 2.56. The highest BCUT2D eigenvalue weighted by Gasteiger charge is 2.18. The van der Waals surface area contributed by atoms with Gasteiger partial charge in [-0.05, 0) is 18.6 Å². The van der Waals surface area contributed by atoms with Gasteiger partial charge in [-0.2, -0.15) is 9.78 Å². The molecule has 27 heavy (non-hydrogen) atoms. The lowest BCUT2D eigenvalue weighted by molar-refractivity contribution is 0.240. The van der Waals surface area contributed by atoms with Crippen LogP contribution in [0.3, 0.4) is 0 Å². The molecule has 0 aliphatic carbocycles. The molecule has 8 nitrogen and oxygen atoms in total. The number of unbranched alkanes of at least 4 members (excludes halogenated alkanes) is 1. The van der Waals surface area contributed by atoms with Crippen molar-refractivity contribution in [3.05, 3.63) is 52.8 Å². The standard InChI is InChI=1S/C18H17FN6O2/c1-2-3-8-20-18(27)25-16-11(10-22-25)15-12(9-21-16)17(26)24(23-15)14-7-5-4-6-13(14)19/h4-7,9-10,23H,2-3,8H2,1H3,(H,20,27). The van der Waals surface area contributed by atoms with E-state index in [0.29, 0.717) is 23.1 Å². The lowest BCUT2D eigenvalue weighted by Crippen LogP contribution is -2.30. The molecule has 0 fully saturated rings. The molecule has 3 heterocycles. The molecule has 0 bridgehead atoms. The van der Waals surface area contributed by atoms with E-state index in [2.05, 4.69) is 20.5 Å². The van der Waals surface area contributed by atoms with Gasteiger partial charge in [0.2, 0.25) is 0 Å². The Balaban J connectivity index is 1.83. The Bertz CT molecular complexity index is 1210. The summed E-state index contributed by atoms with van der Waals surface area (Å²) in [6.07, 6.45) is 4.66. The predicted molar refractivity (Wildman–Crippen MR) is 98.6 cm³/mol. The Morgan fingerprint density at radius 2 is 2.07 bits per heavy atom. The van der Waals surface area contributed by atoms with Crippen molar-refractivity contribution in [1.29, 1.82) is 0 Å². The van der Waals surface area contributed by atoms with Crippen LogP contribution in [0.1, 0.15) is 19.8 Å². The van der Waals surface area contributed by atoms with Crippen molar-refractivity contribution in [2.24, 2.45) is 0 Å². The zero-order valence-corrected chi connectivity index (χ0v) is 14.6. The summed E-state index contributed by atoms with van der Waals surface area (Å²) < 4.78 is 16.4. The highest BCUT2D eigenvalue weighted by atomic mass is 19.1. The third-order valence-corrected chi connectivity index (χ3v) is 4.35. The van der Waals surface area contributed by atoms with Crippen LogP contribution in [0.25, 0.3) is 27.6 Å². The average molecular weight is 368 g/mol. The fraction of sp³-hybridized carbons (Fsp3) is 0.222. The van der Waals surface area contributed by atoms with E-state index in [9.17, 15) is 14.0 Å². The van der Waals surface area contributed by atoms with E-state index >= 15 is 0 Å². The third-order valence-electron chi connectivity index (χ3n) is 4.35. The number of H-pyrrole nitrogens is 1. The number of aromatic amines is 1. The molecule has 9 heteroatoms. The lowest BCUT2D eigenvalue weighted by Gasteiger charge is -2.04. The maximum atomic E-state index is 14.1. The molecule has 0 spiro atoms. The summed E-state index contributed by atoms with van der Waals surface area (Å²) in [5.74, 6) is -0.527. The fourth-order valence-corrected chi connectivity index (χ4v) is 2.94. The highest BCUT2D eigenvalue weighted by Crippen LogP contribution is 2.21. The van der Waals surface area contributed by atoms with Crippen molar-refractivity contribution < 1.29 is 9.18 Å².